The van der Waals surface area contributed by atoms with Crippen molar-refractivity contribution in [2.75, 3.05) is 52.5 Å². The molecule has 0 saturated heterocycles. The summed E-state index contributed by atoms with van der Waals surface area (Å²) in [6.45, 7) is 4.02. The molecule has 0 heterocycles. The van der Waals surface area contributed by atoms with Crippen LogP contribution in [0.15, 0.2) is 18.2 Å². The van der Waals surface area contributed by atoms with E-state index in [4.69, 9.17) is 21.1 Å². The van der Waals surface area contributed by atoms with E-state index in [2.05, 4.69) is 29.4 Å². The molecule has 20 heavy (non-hydrogen) atoms. The monoisotopic (exact) mass is 300 g/mol. The van der Waals surface area contributed by atoms with Crippen LogP contribution in [0.1, 0.15) is 12.0 Å². The first-order valence-electron chi connectivity index (χ1n) is 6.87. The summed E-state index contributed by atoms with van der Waals surface area (Å²) in [4.78, 5) is 2.19. The molecule has 114 valence electrons. The Kier molecular flexibility index (Phi) is 8.62. The van der Waals surface area contributed by atoms with Crippen LogP contribution in [0.2, 0.25) is 5.02 Å². The van der Waals surface area contributed by atoms with Crippen LogP contribution < -0.4 is 10.2 Å². The molecule has 0 saturated carbocycles. The zero-order valence-corrected chi connectivity index (χ0v) is 13.4. The zero-order chi connectivity index (χ0) is 14.8. The Morgan fingerprint density at radius 3 is 2.60 bits per heavy atom. The van der Waals surface area contributed by atoms with E-state index in [1.807, 2.05) is 6.07 Å². The van der Waals surface area contributed by atoms with Crippen molar-refractivity contribution in [3.05, 3.63) is 28.8 Å². The molecule has 0 atom stereocenters. The van der Waals surface area contributed by atoms with E-state index < -0.39 is 0 Å². The van der Waals surface area contributed by atoms with Gasteiger partial charge in [-0.25, -0.2) is 0 Å². The van der Waals surface area contributed by atoms with Gasteiger partial charge in [-0.15, -0.1) is 0 Å². The van der Waals surface area contributed by atoms with E-state index in [1.54, 1.807) is 14.2 Å². The van der Waals surface area contributed by atoms with Crippen molar-refractivity contribution in [1.29, 1.82) is 0 Å². The van der Waals surface area contributed by atoms with Gasteiger partial charge in [-0.05, 0) is 24.1 Å². The van der Waals surface area contributed by atoms with E-state index in [-0.39, 0.29) is 0 Å². The number of halogens is 1. The predicted octanol–water partition coefficient (Wildman–Crippen LogP) is 2.55. The number of nitrogens with zero attached hydrogens (tertiary/aromatic N) is 1. The molecule has 0 bridgehead atoms. The van der Waals surface area contributed by atoms with Gasteiger partial charge < -0.3 is 19.7 Å². The fraction of sp³-hybridized carbons (Fsp3) is 0.600. The molecule has 1 rings (SSSR count). The Morgan fingerprint density at radius 1 is 1.20 bits per heavy atom. The second-order valence-corrected chi connectivity index (χ2v) is 5.12. The molecule has 0 unspecified atom stereocenters. The number of benzene rings is 1. The lowest BCUT2D eigenvalue weighted by Gasteiger charge is -2.20. The molecule has 0 aliphatic carbocycles. The third kappa shape index (κ3) is 6.09. The Hall–Kier alpha value is -0.810. The van der Waals surface area contributed by atoms with Crippen molar-refractivity contribution in [3.8, 4) is 0 Å². The van der Waals surface area contributed by atoms with Gasteiger partial charge in [-0.2, -0.15) is 0 Å². The third-order valence-electron chi connectivity index (χ3n) is 3.12. The largest absolute Gasteiger partial charge is 0.385 e. The first kappa shape index (κ1) is 17.2. The number of hydrogen-bond donors (Lipinski definition) is 1. The highest BCUT2D eigenvalue weighted by atomic mass is 35.5. The Bertz CT molecular complexity index is 388. The quantitative estimate of drug-likeness (QED) is 0.673. The normalized spacial score (nSPS) is 10.8. The number of ether oxygens (including phenoxy) is 2. The minimum Gasteiger partial charge on any atom is -0.385 e. The van der Waals surface area contributed by atoms with Crippen molar-refractivity contribution in [2.24, 2.45) is 0 Å². The molecule has 0 aliphatic rings. The lowest BCUT2D eigenvalue weighted by atomic mass is 10.2. The van der Waals surface area contributed by atoms with Crippen LogP contribution in [-0.2, 0) is 16.0 Å². The molecule has 4 nitrogen and oxygen atoms in total. The zero-order valence-electron chi connectivity index (χ0n) is 12.6. The van der Waals surface area contributed by atoms with Gasteiger partial charge >= 0.3 is 0 Å². The van der Waals surface area contributed by atoms with Gasteiger partial charge in [0.15, 0.2) is 0 Å². The minimum atomic E-state index is 0.706. The molecule has 0 radical (unpaired) electrons. The molecular formula is C15H25ClN2O2. The molecule has 1 aromatic rings. The van der Waals surface area contributed by atoms with E-state index in [1.165, 1.54) is 0 Å². The number of rotatable bonds is 10. The van der Waals surface area contributed by atoms with E-state index in [9.17, 15) is 0 Å². The highest BCUT2D eigenvalue weighted by Crippen LogP contribution is 2.23. The fourth-order valence-corrected chi connectivity index (χ4v) is 2.13. The molecule has 0 aliphatic heterocycles. The van der Waals surface area contributed by atoms with Gasteiger partial charge in [0.2, 0.25) is 0 Å². The molecule has 0 spiro atoms. The van der Waals surface area contributed by atoms with Crippen LogP contribution in [0.25, 0.3) is 0 Å². The van der Waals surface area contributed by atoms with Crippen LogP contribution in [0.3, 0.4) is 0 Å². The fourth-order valence-electron chi connectivity index (χ4n) is 1.89. The Morgan fingerprint density at radius 2 is 1.95 bits per heavy atom. The smallest absolute Gasteiger partial charge is 0.0587 e. The summed E-state index contributed by atoms with van der Waals surface area (Å²) in [7, 11) is 5.49. The van der Waals surface area contributed by atoms with Gasteiger partial charge in [0.05, 0.1) is 6.61 Å². The third-order valence-corrected chi connectivity index (χ3v) is 3.47. The summed E-state index contributed by atoms with van der Waals surface area (Å²) in [5.74, 6) is 0. The number of anilines is 1. The minimum absolute atomic E-state index is 0.706. The molecule has 0 fully saturated rings. The topological polar surface area (TPSA) is 33.7 Å². The maximum atomic E-state index is 6.32. The first-order valence-corrected chi connectivity index (χ1v) is 7.25. The number of nitrogens with one attached hydrogen (secondary N) is 1. The van der Waals surface area contributed by atoms with Crippen LogP contribution in [-0.4, -0.2) is 47.6 Å². The SMILES string of the molecule is COCCCN(C)c1ccc(CNCCOC)c(Cl)c1. The van der Waals surface area contributed by atoms with Gasteiger partial charge in [0.25, 0.3) is 0 Å². The number of methoxy groups -OCH3 is 2. The predicted molar refractivity (Wildman–Crippen MR) is 84.8 cm³/mol. The molecule has 0 amide bonds. The lowest BCUT2D eigenvalue weighted by Crippen LogP contribution is -2.20. The van der Waals surface area contributed by atoms with E-state index >= 15 is 0 Å². The maximum Gasteiger partial charge on any atom is 0.0587 e. The summed E-state index contributed by atoms with van der Waals surface area (Å²) in [5, 5.41) is 4.09. The average Bonchev–Trinajstić information content (AvgIpc) is 2.45. The average molecular weight is 301 g/mol. The van der Waals surface area contributed by atoms with Crippen molar-refractivity contribution < 1.29 is 9.47 Å². The van der Waals surface area contributed by atoms with Gasteiger partial charge in [0, 0.05) is 58.2 Å². The van der Waals surface area contributed by atoms with Crippen molar-refractivity contribution >= 4 is 17.3 Å². The summed E-state index contributed by atoms with van der Waals surface area (Å²) >= 11 is 6.32. The Balaban J connectivity index is 2.49. The van der Waals surface area contributed by atoms with E-state index in [0.29, 0.717) is 6.61 Å². The molecule has 1 aromatic carbocycles. The summed E-state index contributed by atoms with van der Waals surface area (Å²) in [5.41, 5.74) is 2.24. The standard InChI is InChI=1S/C15H25ClN2O2/c1-18(8-4-9-19-2)14-6-5-13(15(16)11-14)12-17-7-10-20-3/h5-6,11,17H,4,7-10,12H2,1-3H3. The van der Waals surface area contributed by atoms with Gasteiger partial charge in [-0.3, -0.25) is 0 Å². The second-order valence-electron chi connectivity index (χ2n) is 4.71. The molecular weight excluding hydrogens is 276 g/mol. The summed E-state index contributed by atoms with van der Waals surface area (Å²) < 4.78 is 10.1. The molecule has 0 aromatic heterocycles. The Labute approximate surface area is 127 Å². The molecule has 1 N–H and O–H groups in total. The van der Waals surface area contributed by atoms with Gasteiger partial charge in [0.1, 0.15) is 0 Å². The maximum absolute atomic E-state index is 6.32. The second kappa shape index (κ2) is 10.00. The molecule has 5 heteroatoms. The summed E-state index contributed by atoms with van der Waals surface area (Å²) in [6.07, 6.45) is 1.00. The summed E-state index contributed by atoms with van der Waals surface area (Å²) in [6, 6.07) is 6.19. The van der Waals surface area contributed by atoms with Gasteiger partial charge in [-0.1, -0.05) is 17.7 Å². The van der Waals surface area contributed by atoms with Crippen LogP contribution in [0.4, 0.5) is 5.69 Å². The van der Waals surface area contributed by atoms with Crippen molar-refractivity contribution in [3.63, 3.8) is 0 Å². The first-order chi connectivity index (χ1) is 9.69. The highest BCUT2D eigenvalue weighted by molar-refractivity contribution is 6.31. The van der Waals surface area contributed by atoms with Crippen molar-refractivity contribution in [1.82, 2.24) is 5.32 Å². The van der Waals surface area contributed by atoms with E-state index in [0.717, 1.165) is 48.9 Å². The van der Waals surface area contributed by atoms with Crippen LogP contribution >= 0.6 is 11.6 Å². The van der Waals surface area contributed by atoms with Crippen molar-refractivity contribution in [2.45, 2.75) is 13.0 Å². The van der Waals surface area contributed by atoms with Crippen LogP contribution in [0, 0.1) is 0 Å². The lowest BCUT2D eigenvalue weighted by molar-refractivity contribution is 0.196. The number of hydrogen-bond acceptors (Lipinski definition) is 4. The van der Waals surface area contributed by atoms with Crippen LogP contribution in [0.5, 0.6) is 0 Å². The highest BCUT2D eigenvalue weighted by Gasteiger charge is 2.05.